The van der Waals surface area contributed by atoms with Crippen LogP contribution in [0.3, 0.4) is 0 Å². The number of anilines is 1. The molecule has 0 saturated heterocycles. The van der Waals surface area contributed by atoms with Crippen LogP contribution in [-0.4, -0.2) is 23.7 Å². The van der Waals surface area contributed by atoms with Gasteiger partial charge in [-0.2, -0.15) is 0 Å². The van der Waals surface area contributed by atoms with Gasteiger partial charge < -0.3 is 15.2 Å². The number of hydrogen-bond acceptors (Lipinski definition) is 3. The molecule has 0 aliphatic carbocycles. The summed E-state index contributed by atoms with van der Waals surface area (Å²) >= 11 is 0. The SMILES string of the molecule is C=C(CNc1ccc(OC(C)C)cc1)C(=O)O. The Bertz CT molecular complexity index is 396. The zero-order valence-electron chi connectivity index (χ0n) is 10.1. The van der Waals surface area contributed by atoms with E-state index < -0.39 is 5.97 Å². The van der Waals surface area contributed by atoms with Gasteiger partial charge in [0.05, 0.1) is 6.10 Å². The second-order valence-electron chi connectivity index (χ2n) is 3.95. The summed E-state index contributed by atoms with van der Waals surface area (Å²) in [7, 11) is 0. The molecule has 0 saturated carbocycles. The maximum absolute atomic E-state index is 10.5. The Kier molecular flexibility index (Phi) is 4.57. The molecule has 4 heteroatoms. The van der Waals surface area contributed by atoms with Crippen LogP contribution in [0, 0.1) is 0 Å². The van der Waals surface area contributed by atoms with Crippen LogP contribution in [0.2, 0.25) is 0 Å². The van der Waals surface area contributed by atoms with Gasteiger partial charge in [-0.3, -0.25) is 0 Å². The first-order valence-electron chi connectivity index (χ1n) is 5.40. The molecule has 17 heavy (non-hydrogen) atoms. The zero-order valence-corrected chi connectivity index (χ0v) is 10.1. The van der Waals surface area contributed by atoms with Gasteiger partial charge in [0.15, 0.2) is 0 Å². The number of benzene rings is 1. The molecule has 0 atom stereocenters. The van der Waals surface area contributed by atoms with E-state index in [1.54, 1.807) is 0 Å². The van der Waals surface area contributed by atoms with E-state index in [9.17, 15) is 4.79 Å². The highest BCUT2D eigenvalue weighted by molar-refractivity contribution is 5.86. The van der Waals surface area contributed by atoms with Crippen molar-refractivity contribution in [3.8, 4) is 5.75 Å². The van der Waals surface area contributed by atoms with E-state index in [4.69, 9.17) is 9.84 Å². The van der Waals surface area contributed by atoms with Gasteiger partial charge in [-0.05, 0) is 38.1 Å². The topological polar surface area (TPSA) is 58.6 Å². The van der Waals surface area contributed by atoms with Gasteiger partial charge in [0.1, 0.15) is 5.75 Å². The number of aliphatic carboxylic acids is 1. The van der Waals surface area contributed by atoms with Gasteiger partial charge in [0.25, 0.3) is 0 Å². The van der Waals surface area contributed by atoms with Gasteiger partial charge in [0.2, 0.25) is 0 Å². The summed E-state index contributed by atoms with van der Waals surface area (Å²) in [5, 5.41) is 11.6. The van der Waals surface area contributed by atoms with E-state index in [1.807, 2.05) is 38.1 Å². The van der Waals surface area contributed by atoms with Gasteiger partial charge in [-0.1, -0.05) is 6.58 Å². The Balaban J connectivity index is 2.51. The molecule has 1 aromatic carbocycles. The molecule has 0 spiro atoms. The van der Waals surface area contributed by atoms with Crippen molar-refractivity contribution in [3.63, 3.8) is 0 Å². The summed E-state index contributed by atoms with van der Waals surface area (Å²) in [6.45, 7) is 7.58. The molecule has 1 aromatic rings. The molecule has 0 aliphatic heterocycles. The van der Waals surface area contributed by atoms with E-state index in [0.29, 0.717) is 0 Å². The van der Waals surface area contributed by atoms with E-state index in [-0.39, 0.29) is 18.2 Å². The molecule has 92 valence electrons. The van der Waals surface area contributed by atoms with E-state index >= 15 is 0 Å². The molecule has 0 aliphatic rings. The Morgan fingerprint density at radius 3 is 2.47 bits per heavy atom. The first kappa shape index (κ1) is 13.1. The normalized spacial score (nSPS) is 10.1. The highest BCUT2D eigenvalue weighted by Crippen LogP contribution is 2.16. The highest BCUT2D eigenvalue weighted by atomic mass is 16.5. The molecule has 0 heterocycles. The van der Waals surface area contributed by atoms with Crippen LogP contribution in [0.1, 0.15) is 13.8 Å². The summed E-state index contributed by atoms with van der Waals surface area (Å²) < 4.78 is 5.49. The first-order valence-corrected chi connectivity index (χ1v) is 5.40. The molecule has 0 amide bonds. The molecule has 1 rings (SSSR count). The van der Waals surface area contributed by atoms with Gasteiger partial charge in [-0.25, -0.2) is 4.79 Å². The van der Waals surface area contributed by atoms with Crippen LogP contribution in [0.15, 0.2) is 36.4 Å². The fourth-order valence-corrected chi connectivity index (χ4v) is 1.21. The number of nitrogens with one attached hydrogen (secondary N) is 1. The minimum atomic E-state index is -0.989. The average Bonchev–Trinajstić information content (AvgIpc) is 2.26. The number of carboxylic acids is 1. The Morgan fingerprint density at radius 1 is 1.41 bits per heavy atom. The molecule has 0 unspecified atom stereocenters. The fourth-order valence-electron chi connectivity index (χ4n) is 1.21. The van der Waals surface area contributed by atoms with Crippen molar-refractivity contribution in [2.45, 2.75) is 20.0 Å². The summed E-state index contributed by atoms with van der Waals surface area (Å²) in [5.74, 6) is -0.195. The highest BCUT2D eigenvalue weighted by Gasteiger charge is 2.03. The largest absolute Gasteiger partial charge is 0.491 e. The number of carboxylic acid groups (broad SMARTS) is 1. The van der Waals surface area contributed by atoms with Crippen molar-refractivity contribution in [3.05, 3.63) is 36.4 Å². The van der Waals surface area contributed by atoms with E-state index in [1.165, 1.54) is 0 Å². The van der Waals surface area contributed by atoms with Crippen LogP contribution < -0.4 is 10.1 Å². The van der Waals surface area contributed by atoms with Crippen LogP contribution in [0.5, 0.6) is 5.75 Å². The van der Waals surface area contributed by atoms with Gasteiger partial charge in [0, 0.05) is 17.8 Å². The smallest absolute Gasteiger partial charge is 0.332 e. The first-order chi connectivity index (χ1) is 7.99. The third kappa shape index (κ3) is 4.59. The van der Waals surface area contributed by atoms with Crippen molar-refractivity contribution >= 4 is 11.7 Å². The van der Waals surface area contributed by atoms with Crippen LogP contribution in [-0.2, 0) is 4.79 Å². The number of rotatable bonds is 6. The third-order valence-electron chi connectivity index (χ3n) is 2.03. The molecule has 2 N–H and O–H groups in total. The monoisotopic (exact) mass is 235 g/mol. The van der Waals surface area contributed by atoms with E-state index in [0.717, 1.165) is 11.4 Å². The van der Waals surface area contributed by atoms with Crippen molar-refractivity contribution in [2.24, 2.45) is 0 Å². The van der Waals surface area contributed by atoms with Crippen LogP contribution in [0.25, 0.3) is 0 Å². The van der Waals surface area contributed by atoms with Crippen molar-refractivity contribution in [1.82, 2.24) is 0 Å². The Morgan fingerprint density at radius 2 is 2.00 bits per heavy atom. The van der Waals surface area contributed by atoms with Gasteiger partial charge in [-0.15, -0.1) is 0 Å². The summed E-state index contributed by atoms with van der Waals surface area (Å²) in [6, 6.07) is 7.36. The number of carbonyl (C=O) groups is 1. The molecule has 0 aromatic heterocycles. The molecular weight excluding hydrogens is 218 g/mol. The summed E-state index contributed by atoms with van der Waals surface area (Å²) in [6.07, 6.45) is 0.139. The van der Waals surface area contributed by atoms with Crippen LogP contribution in [0.4, 0.5) is 5.69 Å². The lowest BCUT2D eigenvalue weighted by Crippen LogP contribution is -2.11. The van der Waals surface area contributed by atoms with E-state index in [2.05, 4.69) is 11.9 Å². The maximum Gasteiger partial charge on any atom is 0.332 e. The minimum absolute atomic E-state index is 0.132. The molecule has 0 bridgehead atoms. The third-order valence-corrected chi connectivity index (χ3v) is 2.03. The standard InChI is InChI=1S/C13H17NO3/c1-9(2)17-12-6-4-11(5-7-12)14-8-10(3)13(15)16/h4-7,9,14H,3,8H2,1-2H3,(H,15,16). The zero-order chi connectivity index (χ0) is 12.8. The fraction of sp³-hybridized carbons (Fsp3) is 0.308. The molecule has 0 radical (unpaired) electrons. The Hall–Kier alpha value is -1.97. The van der Waals surface area contributed by atoms with Crippen LogP contribution >= 0.6 is 0 Å². The quantitative estimate of drug-likeness (QED) is 0.744. The lowest BCUT2D eigenvalue weighted by molar-refractivity contribution is -0.132. The predicted octanol–water partition coefficient (Wildman–Crippen LogP) is 2.53. The predicted molar refractivity (Wildman–Crippen MR) is 67.5 cm³/mol. The van der Waals surface area contributed by atoms with Crippen molar-refractivity contribution in [1.29, 1.82) is 0 Å². The number of ether oxygens (including phenoxy) is 1. The average molecular weight is 235 g/mol. The lowest BCUT2D eigenvalue weighted by atomic mass is 10.2. The molecule has 4 nitrogen and oxygen atoms in total. The van der Waals surface area contributed by atoms with Crippen molar-refractivity contribution < 1.29 is 14.6 Å². The molecule has 0 fully saturated rings. The second kappa shape index (κ2) is 5.94. The van der Waals surface area contributed by atoms with Gasteiger partial charge >= 0.3 is 5.97 Å². The Labute approximate surface area is 101 Å². The number of hydrogen-bond donors (Lipinski definition) is 2. The minimum Gasteiger partial charge on any atom is -0.491 e. The summed E-state index contributed by atoms with van der Waals surface area (Å²) in [4.78, 5) is 10.5. The second-order valence-corrected chi connectivity index (χ2v) is 3.95. The maximum atomic E-state index is 10.5. The summed E-state index contributed by atoms with van der Waals surface area (Å²) in [5.41, 5.74) is 0.969. The lowest BCUT2D eigenvalue weighted by Gasteiger charge is -2.11. The molecular formula is C13H17NO3. The van der Waals surface area contributed by atoms with Crippen molar-refractivity contribution in [2.75, 3.05) is 11.9 Å².